The van der Waals surface area contributed by atoms with E-state index in [4.69, 9.17) is 15.3 Å². The van der Waals surface area contributed by atoms with E-state index >= 15 is 0 Å². The number of rotatable bonds is 6. The highest BCUT2D eigenvalue weighted by Gasteiger charge is 2.46. The molecule has 0 aromatic heterocycles. The first-order valence-corrected chi connectivity index (χ1v) is 4.37. The van der Waals surface area contributed by atoms with Gasteiger partial charge in [0.15, 0.2) is 0 Å². The van der Waals surface area contributed by atoms with E-state index < -0.39 is 41.4 Å². The molecule has 7 nitrogen and oxygen atoms in total. The number of hydrogen-bond donors (Lipinski definition) is 3. The Morgan fingerprint density at radius 1 is 1.12 bits per heavy atom. The van der Waals surface area contributed by atoms with Crippen molar-refractivity contribution in [2.45, 2.75) is 20.3 Å². The molecule has 0 saturated heterocycles. The fourth-order valence-corrected chi connectivity index (χ4v) is 1.21. The Labute approximate surface area is 90.7 Å². The number of carboxylic acids is 3. The SMILES string of the molecule is CC(CC(C)(C(=O)O)C(=O)C(=O)O)C(=O)O. The fraction of sp³-hybridized carbons (Fsp3) is 0.556. The molecule has 0 saturated carbocycles. The van der Waals surface area contributed by atoms with Crippen LogP contribution in [0.25, 0.3) is 0 Å². The molecule has 0 amide bonds. The predicted octanol–water partition coefficient (Wildman–Crippen LogP) is -0.158. The summed E-state index contributed by atoms with van der Waals surface area (Å²) in [4.78, 5) is 43.0. The summed E-state index contributed by atoms with van der Waals surface area (Å²) in [6, 6.07) is 0. The maximum absolute atomic E-state index is 11.2. The van der Waals surface area contributed by atoms with E-state index in [9.17, 15) is 19.2 Å². The third-order valence-corrected chi connectivity index (χ3v) is 2.30. The Morgan fingerprint density at radius 3 is 1.81 bits per heavy atom. The lowest BCUT2D eigenvalue weighted by molar-refractivity contribution is -0.164. The van der Waals surface area contributed by atoms with Crippen molar-refractivity contribution in [3.8, 4) is 0 Å². The van der Waals surface area contributed by atoms with Gasteiger partial charge in [-0.1, -0.05) is 6.92 Å². The number of carbonyl (C=O) groups is 4. The number of aliphatic carboxylic acids is 3. The maximum atomic E-state index is 11.2. The summed E-state index contributed by atoms with van der Waals surface area (Å²) < 4.78 is 0. The van der Waals surface area contributed by atoms with Gasteiger partial charge in [-0.05, 0) is 13.3 Å². The lowest BCUT2D eigenvalue weighted by Gasteiger charge is -2.22. The first-order valence-electron chi connectivity index (χ1n) is 4.37. The molecular weight excluding hydrogens is 220 g/mol. The van der Waals surface area contributed by atoms with Gasteiger partial charge in [0.1, 0.15) is 5.41 Å². The Bertz CT molecular complexity index is 346. The van der Waals surface area contributed by atoms with Crippen molar-refractivity contribution in [3.63, 3.8) is 0 Å². The number of carbonyl (C=O) groups excluding carboxylic acids is 1. The molecule has 3 N–H and O–H groups in total. The van der Waals surface area contributed by atoms with E-state index in [0.29, 0.717) is 0 Å². The second-order valence-corrected chi connectivity index (χ2v) is 3.71. The zero-order valence-corrected chi connectivity index (χ0v) is 8.76. The van der Waals surface area contributed by atoms with E-state index in [1.807, 2.05) is 0 Å². The zero-order chi connectivity index (χ0) is 13.1. The molecule has 2 unspecified atom stereocenters. The molecule has 0 spiro atoms. The summed E-state index contributed by atoms with van der Waals surface area (Å²) in [6.45, 7) is 2.11. The summed E-state index contributed by atoms with van der Waals surface area (Å²) in [6.07, 6.45) is -0.567. The Kier molecular flexibility index (Phi) is 4.17. The summed E-state index contributed by atoms with van der Waals surface area (Å²) in [5.41, 5.74) is -2.22. The molecular formula is C9H12O7. The number of Topliss-reactive ketones (excluding diaryl/α,β-unsaturated/α-hetero) is 1. The number of carboxylic acid groups (broad SMARTS) is 3. The highest BCUT2D eigenvalue weighted by atomic mass is 16.4. The Balaban J connectivity index is 5.14. The van der Waals surface area contributed by atoms with Gasteiger partial charge in [-0.25, -0.2) is 4.79 Å². The summed E-state index contributed by atoms with van der Waals surface area (Å²) in [5.74, 6) is -7.46. The molecule has 16 heavy (non-hydrogen) atoms. The molecule has 90 valence electrons. The van der Waals surface area contributed by atoms with Crippen molar-refractivity contribution in [3.05, 3.63) is 0 Å². The van der Waals surface area contributed by atoms with Crippen LogP contribution in [0.5, 0.6) is 0 Å². The number of ketones is 1. The quantitative estimate of drug-likeness (QED) is 0.428. The van der Waals surface area contributed by atoms with E-state index in [2.05, 4.69) is 0 Å². The van der Waals surface area contributed by atoms with Crippen LogP contribution in [-0.2, 0) is 19.2 Å². The van der Waals surface area contributed by atoms with Gasteiger partial charge in [-0.15, -0.1) is 0 Å². The monoisotopic (exact) mass is 232 g/mol. The van der Waals surface area contributed by atoms with Crippen LogP contribution in [0, 0.1) is 11.3 Å². The molecule has 0 aromatic carbocycles. The van der Waals surface area contributed by atoms with E-state index in [1.54, 1.807) is 0 Å². The molecule has 2 atom stereocenters. The first kappa shape index (κ1) is 14.1. The molecule has 7 heteroatoms. The highest BCUT2D eigenvalue weighted by molar-refractivity contribution is 6.38. The molecule has 0 radical (unpaired) electrons. The predicted molar refractivity (Wildman–Crippen MR) is 49.8 cm³/mol. The van der Waals surface area contributed by atoms with E-state index in [1.165, 1.54) is 6.92 Å². The van der Waals surface area contributed by atoms with Crippen LogP contribution >= 0.6 is 0 Å². The van der Waals surface area contributed by atoms with Crippen molar-refractivity contribution in [1.82, 2.24) is 0 Å². The van der Waals surface area contributed by atoms with Gasteiger partial charge in [0.05, 0.1) is 5.92 Å². The minimum absolute atomic E-state index is 0.567. The molecule has 0 rings (SSSR count). The van der Waals surface area contributed by atoms with Crippen molar-refractivity contribution < 1.29 is 34.5 Å². The van der Waals surface area contributed by atoms with Crippen molar-refractivity contribution in [1.29, 1.82) is 0 Å². The van der Waals surface area contributed by atoms with Crippen LogP contribution in [0.3, 0.4) is 0 Å². The third kappa shape index (κ3) is 2.78. The van der Waals surface area contributed by atoms with Gasteiger partial charge in [0, 0.05) is 0 Å². The second-order valence-electron chi connectivity index (χ2n) is 3.71. The van der Waals surface area contributed by atoms with E-state index in [-0.39, 0.29) is 0 Å². The second kappa shape index (κ2) is 4.73. The van der Waals surface area contributed by atoms with Gasteiger partial charge in [0.2, 0.25) is 0 Å². The van der Waals surface area contributed by atoms with Crippen molar-refractivity contribution >= 4 is 23.7 Å². The summed E-state index contributed by atoms with van der Waals surface area (Å²) in [5, 5.41) is 25.9. The average molecular weight is 232 g/mol. The zero-order valence-electron chi connectivity index (χ0n) is 8.76. The third-order valence-electron chi connectivity index (χ3n) is 2.30. The Morgan fingerprint density at radius 2 is 1.56 bits per heavy atom. The smallest absolute Gasteiger partial charge is 0.373 e. The molecule has 0 aliphatic heterocycles. The van der Waals surface area contributed by atoms with Crippen LogP contribution in [0.2, 0.25) is 0 Å². The minimum atomic E-state index is -2.22. The van der Waals surface area contributed by atoms with Crippen LogP contribution in [0.1, 0.15) is 20.3 Å². The largest absolute Gasteiger partial charge is 0.481 e. The van der Waals surface area contributed by atoms with Crippen LogP contribution in [0.15, 0.2) is 0 Å². The fourth-order valence-electron chi connectivity index (χ4n) is 1.21. The minimum Gasteiger partial charge on any atom is -0.481 e. The van der Waals surface area contributed by atoms with Gasteiger partial charge < -0.3 is 15.3 Å². The van der Waals surface area contributed by atoms with Crippen molar-refractivity contribution in [2.75, 3.05) is 0 Å². The van der Waals surface area contributed by atoms with Crippen LogP contribution < -0.4 is 0 Å². The molecule has 0 aliphatic carbocycles. The van der Waals surface area contributed by atoms with Gasteiger partial charge in [-0.3, -0.25) is 14.4 Å². The summed E-state index contributed by atoms with van der Waals surface area (Å²) >= 11 is 0. The maximum Gasteiger partial charge on any atom is 0.373 e. The standard InChI is InChI=1S/C9H12O7/c1-4(6(11)12)3-9(2,8(15)16)5(10)7(13)14/h4H,3H2,1-2H3,(H,11,12)(H,13,14)(H,15,16). The molecule has 0 bridgehead atoms. The first-order chi connectivity index (χ1) is 7.12. The van der Waals surface area contributed by atoms with Gasteiger partial charge >= 0.3 is 17.9 Å². The van der Waals surface area contributed by atoms with Crippen LogP contribution in [0.4, 0.5) is 0 Å². The van der Waals surface area contributed by atoms with Crippen molar-refractivity contribution in [2.24, 2.45) is 11.3 Å². The summed E-state index contributed by atoms with van der Waals surface area (Å²) in [7, 11) is 0. The molecule has 0 heterocycles. The average Bonchev–Trinajstić information content (AvgIpc) is 2.15. The lowest BCUT2D eigenvalue weighted by atomic mass is 9.78. The normalized spacial score (nSPS) is 15.9. The number of hydrogen-bond acceptors (Lipinski definition) is 4. The van der Waals surface area contributed by atoms with E-state index in [0.717, 1.165) is 6.92 Å². The Hall–Kier alpha value is -1.92. The van der Waals surface area contributed by atoms with Crippen LogP contribution in [-0.4, -0.2) is 39.0 Å². The van der Waals surface area contributed by atoms with Gasteiger partial charge in [0.25, 0.3) is 5.78 Å². The topological polar surface area (TPSA) is 129 Å². The molecule has 0 fully saturated rings. The molecule has 0 aromatic rings. The highest BCUT2D eigenvalue weighted by Crippen LogP contribution is 2.28. The molecule has 0 aliphatic rings. The lowest BCUT2D eigenvalue weighted by Crippen LogP contribution is -2.42. The van der Waals surface area contributed by atoms with Gasteiger partial charge in [-0.2, -0.15) is 0 Å².